The van der Waals surface area contributed by atoms with Crippen molar-refractivity contribution < 1.29 is 0 Å². The van der Waals surface area contributed by atoms with Crippen LogP contribution in [0.2, 0.25) is 0 Å². The first-order valence-corrected chi connectivity index (χ1v) is 6.50. The minimum atomic E-state index is 0.663. The molecule has 0 aromatic heterocycles. The predicted molar refractivity (Wildman–Crippen MR) is 58.7 cm³/mol. The number of hydrogen-bond donors (Lipinski definition) is 0. The summed E-state index contributed by atoms with van der Waals surface area (Å²) in [6.45, 7) is 2.20. The maximum Gasteiger partial charge on any atom is 0.0164 e. The summed E-state index contributed by atoms with van der Waals surface area (Å²) in [5, 5.41) is 1.09. The zero-order valence-electron chi connectivity index (χ0n) is 6.12. The summed E-state index contributed by atoms with van der Waals surface area (Å²) in [5.41, 5.74) is 0. The van der Waals surface area contributed by atoms with Crippen molar-refractivity contribution in [3.63, 3.8) is 0 Å². The molecule has 0 aliphatic rings. The highest BCUT2D eigenvalue weighted by atomic mass is 79.9. The minimum absolute atomic E-state index is 0.663. The van der Waals surface area contributed by atoms with Gasteiger partial charge >= 0.3 is 0 Å². The van der Waals surface area contributed by atoms with Crippen LogP contribution in [-0.4, -0.2) is 15.0 Å². The van der Waals surface area contributed by atoms with E-state index in [4.69, 9.17) is 0 Å². The SMILES string of the molecule is CCC(Br)CC(Br)CCBr. The van der Waals surface area contributed by atoms with Crippen LogP contribution in [0.15, 0.2) is 0 Å². The van der Waals surface area contributed by atoms with Gasteiger partial charge in [-0.05, 0) is 19.3 Å². The highest BCUT2D eigenvalue weighted by Crippen LogP contribution is 2.19. The highest BCUT2D eigenvalue weighted by Gasteiger charge is 2.08. The average molecular weight is 337 g/mol. The van der Waals surface area contributed by atoms with Crippen LogP contribution in [-0.2, 0) is 0 Å². The molecule has 2 atom stereocenters. The Kier molecular flexibility index (Phi) is 8.13. The molecule has 0 amide bonds. The van der Waals surface area contributed by atoms with Crippen molar-refractivity contribution in [3.8, 4) is 0 Å². The molecular formula is C7H13Br3. The van der Waals surface area contributed by atoms with E-state index in [2.05, 4.69) is 54.7 Å². The Morgan fingerprint density at radius 2 is 1.80 bits per heavy atom. The quantitative estimate of drug-likeness (QED) is 0.663. The lowest BCUT2D eigenvalue weighted by Gasteiger charge is -2.10. The molecule has 10 heavy (non-hydrogen) atoms. The Morgan fingerprint density at radius 3 is 2.20 bits per heavy atom. The van der Waals surface area contributed by atoms with E-state index in [-0.39, 0.29) is 0 Å². The van der Waals surface area contributed by atoms with E-state index in [9.17, 15) is 0 Å². The molecule has 0 spiro atoms. The van der Waals surface area contributed by atoms with Crippen LogP contribution in [0.3, 0.4) is 0 Å². The van der Waals surface area contributed by atoms with Crippen molar-refractivity contribution >= 4 is 47.8 Å². The van der Waals surface area contributed by atoms with Gasteiger partial charge in [-0.25, -0.2) is 0 Å². The van der Waals surface area contributed by atoms with E-state index >= 15 is 0 Å². The second kappa shape index (κ2) is 7.11. The van der Waals surface area contributed by atoms with Crippen LogP contribution in [0.5, 0.6) is 0 Å². The summed E-state index contributed by atoms with van der Waals surface area (Å²) in [4.78, 5) is 1.34. The van der Waals surface area contributed by atoms with Gasteiger partial charge in [0.25, 0.3) is 0 Å². The summed E-state index contributed by atoms with van der Waals surface area (Å²) in [7, 11) is 0. The Labute approximate surface area is 88.5 Å². The van der Waals surface area contributed by atoms with Crippen molar-refractivity contribution in [1.82, 2.24) is 0 Å². The molecule has 0 saturated heterocycles. The smallest absolute Gasteiger partial charge is 0.0164 e. The highest BCUT2D eigenvalue weighted by molar-refractivity contribution is 9.10. The van der Waals surface area contributed by atoms with Crippen molar-refractivity contribution in [1.29, 1.82) is 0 Å². The molecule has 0 nitrogen and oxygen atoms in total. The number of alkyl halides is 3. The maximum atomic E-state index is 3.62. The second-order valence-corrected chi connectivity index (χ2v) is 5.70. The molecule has 0 aromatic carbocycles. The molecule has 0 heterocycles. The van der Waals surface area contributed by atoms with Crippen LogP contribution in [0.25, 0.3) is 0 Å². The molecule has 0 aliphatic carbocycles. The van der Waals surface area contributed by atoms with E-state index in [1.165, 1.54) is 19.3 Å². The fraction of sp³-hybridized carbons (Fsp3) is 1.00. The minimum Gasteiger partial charge on any atom is -0.0928 e. The lowest BCUT2D eigenvalue weighted by atomic mass is 10.2. The molecule has 0 aliphatic heterocycles. The second-order valence-electron chi connectivity index (χ2n) is 2.32. The first-order valence-electron chi connectivity index (χ1n) is 3.54. The first kappa shape index (κ1) is 11.4. The van der Waals surface area contributed by atoms with Crippen LogP contribution >= 0.6 is 47.8 Å². The summed E-state index contributed by atoms with van der Waals surface area (Å²) < 4.78 is 0. The zero-order valence-corrected chi connectivity index (χ0v) is 10.9. The van der Waals surface area contributed by atoms with Gasteiger partial charge in [0, 0.05) is 15.0 Å². The lowest BCUT2D eigenvalue weighted by molar-refractivity contribution is 0.705. The summed E-state index contributed by atoms with van der Waals surface area (Å²) in [6.07, 6.45) is 3.65. The van der Waals surface area contributed by atoms with Gasteiger partial charge in [-0.3, -0.25) is 0 Å². The topological polar surface area (TPSA) is 0 Å². The van der Waals surface area contributed by atoms with Crippen molar-refractivity contribution in [2.75, 3.05) is 5.33 Å². The molecule has 0 N–H and O–H groups in total. The molecule has 2 unspecified atom stereocenters. The van der Waals surface area contributed by atoms with Gasteiger partial charge in [0.15, 0.2) is 0 Å². The van der Waals surface area contributed by atoms with E-state index < -0.39 is 0 Å². The van der Waals surface area contributed by atoms with E-state index in [1.807, 2.05) is 0 Å². The number of hydrogen-bond acceptors (Lipinski definition) is 0. The fourth-order valence-electron chi connectivity index (χ4n) is 0.680. The summed E-state index contributed by atoms with van der Waals surface area (Å²) in [5.74, 6) is 0. The zero-order chi connectivity index (χ0) is 7.98. The van der Waals surface area contributed by atoms with E-state index in [1.54, 1.807) is 0 Å². The molecule has 0 saturated carbocycles. The maximum absolute atomic E-state index is 3.62. The first-order chi connectivity index (χ1) is 4.70. The summed E-state index contributed by atoms with van der Waals surface area (Å²) in [6, 6.07) is 0. The van der Waals surface area contributed by atoms with Gasteiger partial charge in [-0.2, -0.15) is 0 Å². The molecule has 0 aromatic rings. The van der Waals surface area contributed by atoms with Gasteiger partial charge in [-0.15, -0.1) is 0 Å². The monoisotopic (exact) mass is 334 g/mol. The molecular weight excluding hydrogens is 324 g/mol. The Morgan fingerprint density at radius 1 is 1.20 bits per heavy atom. The van der Waals surface area contributed by atoms with Gasteiger partial charge in [-0.1, -0.05) is 54.7 Å². The van der Waals surface area contributed by atoms with Gasteiger partial charge < -0.3 is 0 Å². The number of rotatable bonds is 5. The largest absolute Gasteiger partial charge is 0.0928 e. The van der Waals surface area contributed by atoms with E-state index in [0.717, 1.165) is 5.33 Å². The van der Waals surface area contributed by atoms with Crippen LogP contribution in [0.1, 0.15) is 26.2 Å². The normalized spacial score (nSPS) is 16.8. The third-order valence-corrected chi connectivity index (χ3v) is 3.69. The Balaban J connectivity index is 3.27. The molecule has 62 valence electrons. The number of halogens is 3. The van der Waals surface area contributed by atoms with Gasteiger partial charge in [0.05, 0.1) is 0 Å². The molecule has 0 rings (SSSR count). The molecule has 0 radical (unpaired) electrons. The Bertz CT molecular complexity index is 75.3. The molecule has 0 fully saturated rings. The summed E-state index contributed by atoms with van der Waals surface area (Å²) >= 11 is 10.6. The van der Waals surface area contributed by atoms with Gasteiger partial charge in [0.1, 0.15) is 0 Å². The lowest BCUT2D eigenvalue weighted by Crippen LogP contribution is -2.06. The van der Waals surface area contributed by atoms with Crippen molar-refractivity contribution in [3.05, 3.63) is 0 Å². The van der Waals surface area contributed by atoms with E-state index in [0.29, 0.717) is 9.65 Å². The van der Waals surface area contributed by atoms with Crippen LogP contribution in [0, 0.1) is 0 Å². The van der Waals surface area contributed by atoms with Crippen molar-refractivity contribution in [2.24, 2.45) is 0 Å². The fourth-order valence-corrected chi connectivity index (χ4v) is 3.48. The third-order valence-electron chi connectivity index (χ3n) is 1.38. The van der Waals surface area contributed by atoms with Crippen molar-refractivity contribution in [2.45, 2.75) is 35.8 Å². The standard InChI is InChI=1S/C7H13Br3/c1-2-6(9)5-7(10)3-4-8/h6-7H,2-5H2,1H3. The third kappa shape index (κ3) is 6.17. The van der Waals surface area contributed by atoms with Gasteiger partial charge in [0.2, 0.25) is 0 Å². The molecule has 3 heteroatoms. The Hall–Kier alpha value is 1.44. The predicted octanol–water partition coefficient (Wildman–Crippen LogP) is 4.10. The average Bonchev–Trinajstić information content (AvgIpc) is 1.88. The van der Waals surface area contributed by atoms with Crippen LogP contribution < -0.4 is 0 Å². The van der Waals surface area contributed by atoms with Crippen LogP contribution in [0.4, 0.5) is 0 Å². The molecule has 0 bridgehead atoms.